The molecule has 1 fully saturated rings. The molecule has 4 heterocycles. The number of amides is 2. The van der Waals surface area contributed by atoms with Crippen molar-refractivity contribution in [1.82, 2.24) is 30.4 Å². The van der Waals surface area contributed by atoms with Crippen molar-refractivity contribution in [3.8, 4) is 11.1 Å². The molecule has 3 aromatic rings. The van der Waals surface area contributed by atoms with Crippen molar-refractivity contribution in [2.24, 2.45) is 0 Å². The number of hydrogen-bond acceptors (Lipinski definition) is 5. The number of nitrogens with one attached hydrogen (secondary N) is 3. The first-order valence-corrected chi connectivity index (χ1v) is 8.69. The van der Waals surface area contributed by atoms with Crippen LogP contribution in [0.1, 0.15) is 12.8 Å². The second-order valence-corrected chi connectivity index (χ2v) is 6.62. The normalized spacial score (nSPS) is 15.9. The highest BCUT2D eigenvalue weighted by Gasteiger charge is 2.18. The molecule has 8 heteroatoms. The Bertz CT molecular complexity index is 901. The smallest absolute Gasteiger partial charge is 0.320 e. The molecule has 4 rings (SSSR count). The third-order valence-electron chi connectivity index (χ3n) is 4.66. The summed E-state index contributed by atoms with van der Waals surface area (Å²) in [6.07, 6.45) is 7.26. The van der Waals surface area contributed by atoms with E-state index in [9.17, 15) is 4.79 Å². The number of rotatable bonds is 3. The third-order valence-corrected chi connectivity index (χ3v) is 4.66. The molecule has 0 saturated carbocycles. The van der Waals surface area contributed by atoms with Crippen LogP contribution in [0.15, 0.2) is 36.8 Å². The van der Waals surface area contributed by atoms with Crippen LogP contribution in [0.5, 0.6) is 0 Å². The van der Waals surface area contributed by atoms with Crippen LogP contribution in [0, 0.1) is 0 Å². The van der Waals surface area contributed by atoms with Gasteiger partial charge in [0.25, 0.3) is 0 Å². The lowest BCUT2D eigenvalue weighted by Gasteiger charge is -2.29. The van der Waals surface area contributed by atoms with Crippen molar-refractivity contribution in [3.63, 3.8) is 0 Å². The van der Waals surface area contributed by atoms with E-state index in [0.29, 0.717) is 5.82 Å². The number of urea groups is 1. The molecule has 0 aliphatic carbocycles. The number of hydrogen-bond donors (Lipinski definition) is 3. The highest BCUT2D eigenvalue weighted by molar-refractivity contribution is 5.90. The number of nitrogens with zero attached hydrogens (tertiary/aromatic N) is 4. The third kappa shape index (κ3) is 3.65. The van der Waals surface area contributed by atoms with Gasteiger partial charge in [-0.1, -0.05) is 0 Å². The number of aromatic nitrogens is 4. The fraction of sp³-hybridized carbons (Fsp3) is 0.333. The summed E-state index contributed by atoms with van der Waals surface area (Å²) in [5.41, 5.74) is 3.37. The minimum atomic E-state index is -0.217. The molecule has 8 nitrogen and oxygen atoms in total. The monoisotopic (exact) mass is 351 g/mol. The molecule has 3 N–H and O–H groups in total. The molecule has 3 aromatic heterocycles. The highest BCUT2D eigenvalue weighted by Crippen LogP contribution is 2.21. The lowest BCUT2D eigenvalue weighted by atomic mass is 10.1. The van der Waals surface area contributed by atoms with Gasteiger partial charge >= 0.3 is 6.03 Å². The number of pyridine rings is 2. The average molecular weight is 351 g/mol. The Balaban J connectivity index is 1.47. The zero-order chi connectivity index (χ0) is 17.9. The standard InChI is InChI=1S/C18H21N7O/c1-25-6-4-14(5-7-25)22-18(26)24-17-3-2-15-16(23-17)8-12(9-19-15)13-10-20-21-11-13/h2-3,8-11,14H,4-7H2,1H3,(H,20,21)(H2,22,23,24,26). The van der Waals surface area contributed by atoms with E-state index >= 15 is 0 Å². The summed E-state index contributed by atoms with van der Waals surface area (Å²) in [5.74, 6) is 0.508. The van der Waals surface area contributed by atoms with E-state index in [1.54, 1.807) is 24.7 Å². The van der Waals surface area contributed by atoms with Crippen molar-refractivity contribution >= 4 is 22.9 Å². The summed E-state index contributed by atoms with van der Waals surface area (Å²) in [4.78, 5) is 23.5. The zero-order valence-corrected chi connectivity index (χ0v) is 14.6. The van der Waals surface area contributed by atoms with Crippen LogP contribution < -0.4 is 10.6 Å². The molecule has 0 aromatic carbocycles. The van der Waals surface area contributed by atoms with Crippen molar-refractivity contribution in [1.29, 1.82) is 0 Å². The predicted octanol–water partition coefficient (Wildman–Crippen LogP) is 2.24. The van der Waals surface area contributed by atoms with E-state index < -0.39 is 0 Å². The van der Waals surface area contributed by atoms with Crippen molar-refractivity contribution in [2.75, 3.05) is 25.5 Å². The highest BCUT2D eigenvalue weighted by atomic mass is 16.2. The first kappa shape index (κ1) is 16.5. The maximum absolute atomic E-state index is 12.2. The van der Waals surface area contributed by atoms with Crippen LogP contribution in [0.2, 0.25) is 0 Å². The van der Waals surface area contributed by atoms with Crippen LogP contribution in [0.4, 0.5) is 10.6 Å². The number of H-pyrrole nitrogens is 1. The van der Waals surface area contributed by atoms with Gasteiger partial charge in [-0.25, -0.2) is 9.78 Å². The van der Waals surface area contributed by atoms with Crippen molar-refractivity contribution < 1.29 is 4.79 Å². The van der Waals surface area contributed by atoms with E-state index in [1.165, 1.54) is 0 Å². The van der Waals surface area contributed by atoms with Crippen molar-refractivity contribution in [3.05, 3.63) is 36.8 Å². The first-order valence-electron chi connectivity index (χ1n) is 8.69. The molecule has 1 aliphatic heterocycles. The molecule has 1 saturated heterocycles. The summed E-state index contributed by atoms with van der Waals surface area (Å²) in [6.45, 7) is 2.00. The Morgan fingerprint density at radius 3 is 2.81 bits per heavy atom. The van der Waals surface area contributed by atoms with Crippen molar-refractivity contribution in [2.45, 2.75) is 18.9 Å². The number of carbonyl (C=O) groups is 1. The number of aromatic amines is 1. The molecule has 0 radical (unpaired) electrons. The van der Waals surface area contributed by atoms with Gasteiger partial charge in [-0.2, -0.15) is 5.10 Å². The summed E-state index contributed by atoms with van der Waals surface area (Å²) in [7, 11) is 2.10. The molecule has 0 spiro atoms. The van der Waals surface area contributed by atoms with E-state index in [-0.39, 0.29) is 12.1 Å². The van der Waals surface area contributed by atoms with Gasteiger partial charge in [0.05, 0.1) is 17.2 Å². The minimum absolute atomic E-state index is 0.209. The first-order chi connectivity index (χ1) is 12.7. The topological polar surface area (TPSA) is 98.8 Å². The molecule has 0 bridgehead atoms. The molecule has 134 valence electrons. The summed E-state index contributed by atoms with van der Waals surface area (Å²) in [5, 5.41) is 12.6. The molecule has 0 atom stereocenters. The maximum atomic E-state index is 12.2. The Morgan fingerprint density at radius 2 is 2.04 bits per heavy atom. The Morgan fingerprint density at radius 1 is 1.19 bits per heavy atom. The Kier molecular flexibility index (Phi) is 4.49. The molecular weight excluding hydrogens is 330 g/mol. The fourth-order valence-corrected chi connectivity index (χ4v) is 3.13. The molecule has 1 aliphatic rings. The number of piperidine rings is 1. The number of fused-ring (bicyclic) bond motifs is 1. The van der Waals surface area contributed by atoms with E-state index in [1.807, 2.05) is 12.1 Å². The maximum Gasteiger partial charge on any atom is 0.320 e. The number of anilines is 1. The quantitative estimate of drug-likeness (QED) is 0.672. The van der Waals surface area contributed by atoms with Gasteiger partial charge in [-0.3, -0.25) is 15.4 Å². The SMILES string of the molecule is CN1CCC(NC(=O)Nc2ccc3ncc(-c4cn[nH]c4)cc3n2)CC1. The Hall–Kier alpha value is -3.00. The van der Waals surface area contributed by atoms with Gasteiger partial charge in [-0.05, 0) is 51.2 Å². The average Bonchev–Trinajstić information content (AvgIpc) is 3.18. The van der Waals surface area contributed by atoms with Gasteiger partial charge < -0.3 is 10.2 Å². The van der Waals surface area contributed by atoms with E-state index in [4.69, 9.17) is 0 Å². The molecule has 26 heavy (non-hydrogen) atoms. The zero-order valence-electron chi connectivity index (χ0n) is 14.6. The molecule has 0 unspecified atom stereocenters. The lowest BCUT2D eigenvalue weighted by molar-refractivity contribution is 0.221. The van der Waals surface area contributed by atoms with Gasteiger partial charge in [0.15, 0.2) is 0 Å². The predicted molar refractivity (Wildman–Crippen MR) is 99.8 cm³/mol. The second-order valence-electron chi connectivity index (χ2n) is 6.62. The minimum Gasteiger partial charge on any atom is -0.335 e. The number of likely N-dealkylation sites (tertiary alicyclic amines) is 1. The Labute approximate surface area is 151 Å². The van der Waals surface area contributed by atoms with Crippen LogP contribution in [-0.2, 0) is 0 Å². The van der Waals surface area contributed by atoms with Crippen LogP contribution in [-0.4, -0.2) is 57.3 Å². The summed E-state index contributed by atoms with van der Waals surface area (Å²) in [6, 6.07) is 5.55. The van der Waals surface area contributed by atoms with Gasteiger partial charge in [-0.15, -0.1) is 0 Å². The largest absolute Gasteiger partial charge is 0.335 e. The van der Waals surface area contributed by atoms with Gasteiger partial charge in [0.1, 0.15) is 5.82 Å². The van der Waals surface area contributed by atoms with E-state index in [2.05, 4.69) is 42.7 Å². The summed E-state index contributed by atoms with van der Waals surface area (Å²) >= 11 is 0. The second kappa shape index (κ2) is 7.09. The van der Waals surface area contributed by atoms with E-state index in [0.717, 1.165) is 48.1 Å². The molecular formula is C18H21N7O. The van der Waals surface area contributed by atoms with Crippen LogP contribution >= 0.6 is 0 Å². The fourth-order valence-electron chi connectivity index (χ4n) is 3.13. The van der Waals surface area contributed by atoms with Gasteiger partial charge in [0.2, 0.25) is 0 Å². The van der Waals surface area contributed by atoms with Crippen LogP contribution in [0.25, 0.3) is 22.2 Å². The molecule has 2 amide bonds. The lowest BCUT2D eigenvalue weighted by Crippen LogP contribution is -2.44. The number of carbonyl (C=O) groups excluding carboxylic acids is 1. The summed E-state index contributed by atoms with van der Waals surface area (Å²) < 4.78 is 0. The van der Waals surface area contributed by atoms with Crippen LogP contribution in [0.3, 0.4) is 0 Å². The van der Waals surface area contributed by atoms with Gasteiger partial charge in [0, 0.05) is 29.6 Å².